The smallest absolute Gasteiger partial charge is 0.406 e. The number of anilines is 1. The lowest BCUT2D eigenvalue weighted by molar-refractivity contribution is -0.274. The number of hydrogen-bond acceptors (Lipinski definition) is 5. The lowest BCUT2D eigenvalue weighted by Gasteiger charge is -2.10. The molecule has 0 radical (unpaired) electrons. The number of thioether (sulfide) groups is 1. The molecule has 8 heteroatoms. The van der Waals surface area contributed by atoms with Gasteiger partial charge in [-0.15, -0.1) is 13.2 Å². The fourth-order valence-electron chi connectivity index (χ4n) is 1.53. The van der Waals surface area contributed by atoms with Crippen LogP contribution in [0.2, 0.25) is 0 Å². The van der Waals surface area contributed by atoms with E-state index in [1.54, 1.807) is 12.3 Å². The molecule has 0 bridgehead atoms. The highest BCUT2D eigenvalue weighted by Gasteiger charge is 2.31. The average molecular weight is 301 g/mol. The van der Waals surface area contributed by atoms with Gasteiger partial charge in [0.1, 0.15) is 11.6 Å². The topological polar surface area (TPSA) is 61.0 Å². The summed E-state index contributed by atoms with van der Waals surface area (Å²) in [5, 5.41) is 0.446. The maximum Gasteiger partial charge on any atom is 0.573 e. The van der Waals surface area contributed by atoms with Crippen molar-refractivity contribution in [3.63, 3.8) is 0 Å². The van der Waals surface area contributed by atoms with Crippen LogP contribution in [0.15, 0.2) is 35.5 Å². The second-order valence-corrected chi connectivity index (χ2v) is 4.51. The van der Waals surface area contributed by atoms with Gasteiger partial charge in [0, 0.05) is 11.6 Å². The summed E-state index contributed by atoms with van der Waals surface area (Å²) in [6.07, 6.45) is -2.95. The van der Waals surface area contributed by atoms with E-state index in [2.05, 4.69) is 14.7 Å². The number of nitrogen functional groups attached to an aromatic ring is 1. The predicted octanol–water partition coefficient (Wildman–Crippen LogP) is 3.35. The largest absolute Gasteiger partial charge is 0.573 e. The third-order valence-corrected chi connectivity index (χ3v) is 2.82. The molecule has 0 aliphatic heterocycles. The van der Waals surface area contributed by atoms with Crippen molar-refractivity contribution in [3.8, 4) is 17.0 Å². The highest BCUT2D eigenvalue weighted by molar-refractivity contribution is 7.98. The molecule has 4 nitrogen and oxygen atoms in total. The van der Waals surface area contributed by atoms with Gasteiger partial charge in [-0.2, -0.15) is 0 Å². The van der Waals surface area contributed by atoms with Gasteiger partial charge in [-0.3, -0.25) is 0 Å². The zero-order valence-electron chi connectivity index (χ0n) is 10.3. The molecular weight excluding hydrogens is 291 g/mol. The molecule has 0 saturated carbocycles. The Balaban J connectivity index is 2.38. The third-order valence-electron chi connectivity index (χ3n) is 2.27. The zero-order valence-corrected chi connectivity index (χ0v) is 11.1. The normalized spacial score (nSPS) is 11.4. The molecule has 2 N–H and O–H groups in total. The summed E-state index contributed by atoms with van der Waals surface area (Å²) >= 11 is 1.29. The second kappa shape index (κ2) is 5.58. The Morgan fingerprint density at radius 2 is 1.95 bits per heavy atom. The molecule has 2 aromatic rings. The number of aromatic nitrogens is 2. The molecule has 0 amide bonds. The Morgan fingerprint density at radius 3 is 2.60 bits per heavy atom. The van der Waals surface area contributed by atoms with Crippen molar-refractivity contribution in [2.75, 3.05) is 12.0 Å². The molecule has 0 unspecified atom stereocenters. The molecule has 0 aliphatic rings. The molecule has 2 rings (SSSR count). The minimum atomic E-state index is -4.73. The molecule has 0 saturated heterocycles. The van der Waals surface area contributed by atoms with E-state index in [9.17, 15) is 13.2 Å². The predicted molar refractivity (Wildman–Crippen MR) is 70.3 cm³/mol. The van der Waals surface area contributed by atoms with Crippen molar-refractivity contribution in [3.05, 3.63) is 30.3 Å². The number of nitrogens with two attached hydrogens (primary N) is 1. The average Bonchev–Trinajstić information content (AvgIpc) is 2.36. The Labute approximate surface area is 117 Å². The Morgan fingerprint density at radius 1 is 1.20 bits per heavy atom. The van der Waals surface area contributed by atoms with Gasteiger partial charge in [0.15, 0.2) is 5.16 Å². The maximum atomic E-state index is 12.2. The van der Waals surface area contributed by atoms with E-state index < -0.39 is 6.36 Å². The van der Waals surface area contributed by atoms with Gasteiger partial charge < -0.3 is 10.5 Å². The molecule has 1 heterocycles. The van der Waals surface area contributed by atoms with Gasteiger partial charge in [0.2, 0.25) is 0 Å². The Hall–Kier alpha value is -1.96. The number of ether oxygens (including phenoxy) is 1. The van der Waals surface area contributed by atoms with Gasteiger partial charge in [0.05, 0.1) is 5.69 Å². The van der Waals surface area contributed by atoms with E-state index in [0.29, 0.717) is 16.4 Å². The van der Waals surface area contributed by atoms with Gasteiger partial charge in [-0.1, -0.05) is 23.9 Å². The molecule has 106 valence electrons. The molecule has 0 aliphatic carbocycles. The fourth-order valence-corrected chi connectivity index (χ4v) is 1.92. The van der Waals surface area contributed by atoms with Gasteiger partial charge >= 0.3 is 6.36 Å². The summed E-state index contributed by atoms with van der Waals surface area (Å²) in [5.41, 5.74) is 6.54. The first-order chi connectivity index (χ1) is 9.37. The zero-order chi connectivity index (χ0) is 14.8. The molecule has 0 fully saturated rings. The first-order valence-electron chi connectivity index (χ1n) is 5.42. The minimum Gasteiger partial charge on any atom is -0.406 e. The molecule has 0 spiro atoms. The number of nitrogens with zero attached hydrogens (tertiary/aromatic N) is 2. The number of halogens is 3. The van der Waals surface area contributed by atoms with E-state index in [1.165, 1.54) is 36.0 Å². The van der Waals surface area contributed by atoms with Crippen molar-refractivity contribution in [2.45, 2.75) is 11.5 Å². The first kappa shape index (κ1) is 14.4. The lowest BCUT2D eigenvalue weighted by Crippen LogP contribution is -2.17. The van der Waals surface area contributed by atoms with Crippen molar-refractivity contribution >= 4 is 17.6 Å². The molecule has 1 aromatic heterocycles. The first-order valence-corrected chi connectivity index (χ1v) is 6.64. The van der Waals surface area contributed by atoms with Crippen LogP contribution in [0.3, 0.4) is 0 Å². The SMILES string of the molecule is CSc1nc(N)cc(-c2cccc(OC(F)(F)F)c2)n1. The van der Waals surface area contributed by atoms with E-state index in [0.717, 1.165) is 0 Å². The van der Waals surface area contributed by atoms with E-state index in [1.807, 2.05) is 0 Å². The summed E-state index contributed by atoms with van der Waals surface area (Å²) < 4.78 is 40.4. The quantitative estimate of drug-likeness (QED) is 0.696. The van der Waals surface area contributed by atoms with E-state index in [4.69, 9.17) is 5.73 Å². The highest BCUT2D eigenvalue weighted by atomic mass is 32.2. The molecule has 0 atom stereocenters. The standard InChI is InChI=1S/C12H10F3N3OS/c1-20-11-17-9(6-10(16)18-11)7-3-2-4-8(5-7)19-12(13,14)15/h2-6H,1H3,(H2,16,17,18). The van der Waals surface area contributed by atoms with Gasteiger partial charge in [-0.25, -0.2) is 9.97 Å². The number of alkyl halides is 3. The highest BCUT2D eigenvalue weighted by Crippen LogP contribution is 2.28. The van der Waals surface area contributed by atoms with Crippen LogP contribution in [-0.4, -0.2) is 22.6 Å². The van der Waals surface area contributed by atoms with Gasteiger partial charge in [0.25, 0.3) is 0 Å². The van der Waals surface area contributed by atoms with Crippen LogP contribution in [-0.2, 0) is 0 Å². The summed E-state index contributed by atoms with van der Waals surface area (Å²) in [5.74, 6) is -0.0561. The van der Waals surface area contributed by atoms with E-state index >= 15 is 0 Å². The number of hydrogen-bond donors (Lipinski definition) is 1. The summed E-state index contributed by atoms with van der Waals surface area (Å²) in [4.78, 5) is 8.17. The third kappa shape index (κ3) is 3.77. The van der Waals surface area contributed by atoms with Crippen LogP contribution in [0.1, 0.15) is 0 Å². The number of rotatable bonds is 3. The summed E-state index contributed by atoms with van der Waals surface area (Å²) in [6.45, 7) is 0. The van der Waals surface area contributed by atoms with Crippen LogP contribution in [0.25, 0.3) is 11.3 Å². The lowest BCUT2D eigenvalue weighted by atomic mass is 10.1. The van der Waals surface area contributed by atoms with Crippen LogP contribution >= 0.6 is 11.8 Å². The van der Waals surface area contributed by atoms with Crippen LogP contribution in [0.4, 0.5) is 19.0 Å². The van der Waals surface area contributed by atoms with Crippen molar-refractivity contribution in [1.29, 1.82) is 0 Å². The molecule has 20 heavy (non-hydrogen) atoms. The Bertz CT molecular complexity index is 619. The van der Waals surface area contributed by atoms with Crippen molar-refractivity contribution in [2.24, 2.45) is 0 Å². The Kier molecular flexibility index (Phi) is 4.03. The monoisotopic (exact) mass is 301 g/mol. The second-order valence-electron chi connectivity index (χ2n) is 3.74. The minimum absolute atomic E-state index is 0.251. The molecule has 1 aromatic carbocycles. The van der Waals surface area contributed by atoms with Crippen molar-refractivity contribution in [1.82, 2.24) is 9.97 Å². The van der Waals surface area contributed by atoms with Crippen LogP contribution < -0.4 is 10.5 Å². The van der Waals surface area contributed by atoms with Gasteiger partial charge in [-0.05, 0) is 18.4 Å². The van der Waals surface area contributed by atoms with E-state index in [-0.39, 0.29) is 11.6 Å². The van der Waals surface area contributed by atoms with Crippen LogP contribution in [0, 0.1) is 0 Å². The van der Waals surface area contributed by atoms with Crippen molar-refractivity contribution < 1.29 is 17.9 Å². The number of benzene rings is 1. The summed E-state index contributed by atoms with van der Waals surface area (Å²) in [6, 6.07) is 7.03. The maximum absolute atomic E-state index is 12.2. The summed E-state index contributed by atoms with van der Waals surface area (Å²) in [7, 11) is 0. The van der Waals surface area contributed by atoms with Crippen LogP contribution in [0.5, 0.6) is 5.75 Å². The fraction of sp³-hybridized carbons (Fsp3) is 0.167. The molecular formula is C12H10F3N3OS.